The van der Waals surface area contributed by atoms with Crippen LogP contribution in [0.2, 0.25) is 25.7 Å². The Morgan fingerprint density at radius 3 is 2.84 bits per heavy atom. The van der Waals surface area contributed by atoms with Crippen molar-refractivity contribution in [2.75, 3.05) is 25.0 Å². The first-order valence-corrected chi connectivity index (χ1v) is 14.6. The maximum atomic E-state index is 12.5. The summed E-state index contributed by atoms with van der Waals surface area (Å²) in [7, 11) is -1.11. The largest absolute Gasteiger partial charge is 0.361 e. The van der Waals surface area contributed by atoms with Crippen LogP contribution >= 0.6 is 0 Å². The van der Waals surface area contributed by atoms with Gasteiger partial charge in [0.1, 0.15) is 12.2 Å². The first kappa shape index (κ1) is 23.2. The summed E-state index contributed by atoms with van der Waals surface area (Å²) in [6.45, 7) is 11.0. The Bertz CT molecular complexity index is 910. The van der Waals surface area contributed by atoms with Crippen molar-refractivity contribution < 1.29 is 14.3 Å². The average Bonchev–Trinajstić information content (AvgIpc) is 2.92. The Labute approximate surface area is 184 Å². The predicted molar refractivity (Wildman–Crippen MR) is 124 cm³/mol. The maximum Gasteiger partial charge on any atom is 0.320 e. The van der Waals surface area contributed by atoms with Crippen LogP contribution in [0, 0.1) is 0 Å². The smallest absolute Gasteiger partial charge is 0.320 e. The number of hydrogen-bond acceptors (Lipinski definition) is 5. The summed E-state index contributed by atoms with van der Waals surface area (Å²) in [5.74, 6) is 0.429. The Morgan fingerprint density at radius 2 is 2.10 bits per heavy atom. The zero-order chi connectivity index (χ0) is 22.4. The van der Waals surface area contributed by atoms with E-state index in [2.05, 4.69) is 40.2 Å². The molecule has 1 unspecified atom stereocenters. The summed E-state index contributed by atoms with van der Waals surface area (Å²) in [4.78, 5) is 34.9. The molecule has 0 spiro atoms. The molecular weight excluding hydrogens is 412 g/mol. The van der Waals surface area contributed by atoms with Crippen molar-refractivity contribution >= 4 is 37.0 Å². The van der Waals surface area contributed by atoms with E-state index in [-0.39, 0.29) is 18.0 Å². The zero-order valence-electron chi connectivity index (χ0n) is 19.0. The number of urea groups is 1. The van der Waals surface area contributed by atoms with E-state index in [4.69, 9.17) is 4.74 Å². The lowest BCUT2D eigenvalue weighted by atomic mass is 10.1. The molecule has 2 N–H and O–H groups in total. The normalized spacial score (nSPS) is 17.4. The number of carbonyl (C=O) groups excluding carboxylic acids is 2. The van der Waals surface area contributed by atoms with Gasteiger partial charge in [0.15, 0.2) is 11.5 Å². The minimum atomic E-state index is -1.11. The van der Waals surface area contributed by atoms with Gasteiger partial charge in [-0.1, -0.05) is 19.6 Å². The molecule has 1 saturated heterocycles. The van der Waals surface area contributed by atoms with Crippen molar-refractivity contribution in [3.63, 3.8) is 0 Å². The number of nitrogens with zero attached hydrogens (tertiary/aromatic N) is 4. The fraction of sp³-hybridized carbons (Fsp3) is 0.619. The number of ether oxygens (including phenoxy) is 1. The minimum absolute atomic E-state index is 0.0411. The fourth-order valence-corrected chi connectivity index (χ4v) is 4.31. The molecule has 2 aromatic rings. The molecule has 2 aromatic heterocycles. The van der Waals surface area contributed by atoms with Crippen molar-refractivity contribution in [3.05, 3.63) is 18.5 Å². The third-order valence-electron chi connectivity index (χ3n) is 5.38. The van der Waals surface area contributed by atoms with Gasteiger partial charge in [-0.2, -0.15) is 0 Å². The molecule has 3 amide bonds. The topological polar surface area (TPSA) is 101 Å². The molecule has 10 heteroatoms. The number of aromatic nitrogens is 3. The molecule has 1 atom stereocenters. The maximum absolute atomic E-state index is 12.5. The van der Waals surface area contributed by atoms with Gasteiger partial charge in [0.25, 0.3) is 0 Å². The van der Waals surface area contributed by atoms with Crippen molar-refractivity contribution in [2.24, 2.45) is 0 Å². The van der Waals surface area contributed by atoms with Crippen LogP contribution in [-0.2, 0) is 16.3 Å². The van der Waals surface area contributed by atoms with E-state index in [1.54, 1.807) is 18.0 Å². The minimum Gasteiger partial charge on any atom is -0.361 e. The lowest BCUT2D eigenvalue weighted by Gasteiger charge is -2.24. The zero-order valence-corrected chi connectivity index (χ0v) is 20.0. The Morgan fingerprint density at radius 1 is 1.29 bits per heavy atom. The summed E-state index contributed by atoms with van der Waals surface area (Å²) >= 11 is 0. The molecule has 1 aliphatic heterocycles. The summed E-state index contributed by atoms with van der Waals surface area (Å²) < 4.78 is 7.71. The Kier molecular flexibility index (Phi) is 7.66. The monoisotopic (exact) mass is 446 g/mol. The third-order valence-corrected chi connectivity index (χ3v) is 7.09. The van der Waals surface area contributed by atoms with Gasteiger partial charge in [-0.3, -0.25) is 10.1 Å². The lowest BCUT2D eigenvalue weighted by molar-refractivity contribution is -0.129. The first-order chi connectivity index (χ1) is 14.7. The van der Waals surface area contributed by atoms with Crippen molar-refractivity contribution in [2.45, 2.75) is 64.6 Å². The number of nitrogens with one attached hydrogen (secondary N) is 2. The number of anilines is 1. The Hall–Kier alpha value is -2.46. The number of carbonyl (C=O) groups is 2. The number of fused-ring (bicyclic) bond motifs is 1. The second-order valence-corrected chi connectivity index (χ2v) is 15.0. The summed E-state index contributed by atoms with van der Waals surface area (Å²) in [5.41, 5.74) is 1.42. The van der Waals surface area contributed by atoms with Crippen LogP contribution in [0.3, 0.4) is 0 Å². The van der Waals surface area contributed by atoms with E-state index >= 15 is 0 Å². The molecule has 3 heterocycles. The van der Waals surface area contributed by atoms with Gasteiger partial charge in [-0.25, -0.2) is 14.8 Å². The molecule has 3 rings (SSSR count). The van der Waals surface area contributed by atoms with Crippen LogP contribution in [0.15, 0.2) is 18.5 Å². The molecule has 1 aliphatic rings. The lowest BCUT2D eigenvalue weighted by Crippen LogP contribution is -2.45. The van der Waals surface area contributed by atoms with E-state index in [1.807, 2.05) is 16.8 Å². The highest BCUT2D eigenvalue weighted by molar-refractivity contribution is 6.76. The summed E-state index contributed by atoms with van der Waals surface area (Å²) in [6.07, 6.45) is 6.23. The van der Waals surface area contributed by atoms with E-state index in [1.165, 1.54) is 0 Å². The summed E-state index contributed by atoms with van der Waals surface area (Å²) in [6, 6.07) is 2.57. The molecular formula is C21H34N6O3Si. The average molecular weight is 447 g/mol. The van der Waals surface area contributed by atoms with Gasteiger partial charge in [-0.05, 0) is 31.4 Å². The van der Waals surface area contributed by atoms with Crippen molar-refractivity contribution in [1.29, 1.82) is 0 Å². The molecule has 9 nitrogen and oxygen atoms in total. The molecule has 0 aliphatic carbocycles. The second kappa shape index (κ2) is 10.2. The van der Waals surface area contributed by atoms with Gasteiger partial charge in [0, 0.05) is 46.9 Å². The second-order valence-electron chi connectivity index (χ2n) is 9.35. The predicted octanol–water partition coefficient (Wildman–Crippen LogP) is 3.27. The van der Waals surface area contributed by atoms with Crippen LogP contribution in [0.4, 0.5) is 10.6 Å². The first-order valence-electron chi connectivity index (χ1n) is 10.9. The third kappa shape index (κ3) is 7.03. The number of hydrogen-bond donors (Lipinski definition) is 2. The fourth-order valence-electron chi connectivity index (χ4n) is 3.55. The van der Waals surface area contributed by atoms with Gasteiger partial charge >= 0.3 is 6.03 Å². The number of rotatable bonds is 7. The van der Waals surface area contributed by atoms with Crippen molar-refractivity contribution in [1.82, 2.24) is 24.8 Å². The Balaban J connectivity index is 1.54. The van der Waals surface area contributed by atoms with E-state index in [0.29, 0.717) is 24.6 Å². The highest BCUT2D eigenvalue weighted by atomic mass is 28.3. The van der Waals surface area contributed by atoms with E-state index in [0.717, 1.165) is 44.1 Å². The molecule has 0 saturated carbocycles. The van der Waals surface area contributed by atoms with Gasteiger partial charge in [0.05, 0.1) is 6.20 Å². The molecule has 170 valence electrons. The quantitative estimate of drug-likeness (QED) is 0.502. The molecule has 0 radical (unpaired) electrons. The SMILES string of the molecule is CC(=O)N1CCCCC(NC(=O)Nc2cnc3c(ccn3COCC[Si](C)(C)C)n2)C1. The number of amides is 3. The summed E-state index contributed by atoms with van der Waals surface area (Å²) in [5, 5.41) is 5.72. The van der Waals surface area contributed by atoms with Crippen molar-refractivity contribution in [3.8, 4) is 0 Å². The van der Waals surface area contributed by atoms with E-state index < -0.39 is 8.07 Å². The molecule has 0 bridgehead atoms. The molecule has 0 aromatic carbocycles. The van der Waals surface area contributed by atoms with Crippen LogP contribution in [0.5, 0.6) is 0 Å². The number of likely N-dealkylation sites (tertiary alicyclic amines) is 1. The van der Waals surface area contributed by atoms with Crippen LogP contribution in [0.1, 0.15) is 26.2 Å². The van der Waals surface area contributed by atoms with Crippen LogP contribution < -0.4 is 10.6 Å². The molecule has 1 fully saturated rings. The van der Waals surface area contributed by atoms with Crippen LogP contribution in [-0.4, -0.2) is 65.2 Å². The molecule has 31 heavy (non-hydrogen) atoms. The van der Waals surface area contributed by atoms with E-state index in [9.17, 15) is 9.59 Å². The highest BCUT2D eigenvalue weighted by Crippen LogP contribution is 2.15. The van der Waals surface area contributed by atoms with Crippen LogP contribution in [0.25, 0.3) is 11.2 Å². The van der Waals surface area contributed by atoms with Gasteiger partial charge in [-0.15, -0.1) is 0 Å². The standard InChI is InChI=1S/C21H34N6O3Si/c1-16(28)26-9-6-5-7-17(14-26)23-21(29)25-19-13-22-20-18(24-19)8-10-27(20)15-30-11-12-31(2,3)4/h8,10,13,17H,5-7,9,11-12,14-15H2,1-4H3,(H2,23,24,25,29). The van der Waals surface area contributed by atoms with Gasteiger partial charge < -0.3 is 19.5 Å². The highest BCUT2D eigenvalue weighted by Gasteiger charge is 2.21. The van der Waals surface area contributed by atoms with Gasteiger partial charge in [0.2, 0.25) is 5.91 Å².